The lowest BCUT2D eigenvalue weighted by molar-refractivity contribution is -0.129. The lowest BCUT2D eigenvalue weighted by Gasteiger charge is -2.28. The van der Waals surface area contributed by atoms with Crippen molar-refractivity contribution in [2.45, 2.75) is 22.4 Å². The van der Waals surface area contributed by atoms with Crippen molar-refractivity contribution in [2.75, 3.05) is 34.4 Å². The number of nitrogens with zero attached hydrogens (tertiary/aromatic N) is 3. The van der Waals surface area contributed by atoms with Crippen molar-refractivity contribution < 1.29 is 22.7 Å². The number of rotatable bonds is 8. The highest BCUT2D eigenvalue weighted by Gasteiger charge is 2.40. The second kappa shape index (κ2) is 9.81. The fourth-order valence-electron chi connectivity index (χ4n) is 4.00. The summed E-state index contributed by atoms with van der Waals surface area (Å²) >= 11 is 1.50. The molecule has 0 aliphatic carbocycles. The standard InChI is InChI=1S/C24H27N3O5S2/c1-16-23(28)27(24(33-16)19-15-18(31-3)10-11-20(19)32-4)14-13-26(2)34(29,30)21-9-5-7-17-8-6-12-25-22(17)21/h5-12,15-16,24H,13-14H2,1-4H3. The van der Waals surface area contributed by atoms with Crippen LogP contribution in [0.2, 0.25) is 0 Å². The summed E-state index contributed by atoms with van der Waals surface area (Å²) in [7, 11) is 0.877. The molecule has 180 valence electrons. The molecule has 8 nitrogen and oxygen atoms in total. The van der Waals surface area contributed by atoms with Gasteiger partial charge >= 0.3 is 0 Å². The maximum Gasteiger partial charge on any atom is 0.245 e. The van der Waals surface area contributed by atoms with Gasteiger partial charge in [0, 0.05) is 37.3 Å². The lowest BCUT2D eigenvalue weighted by Crippen LogP contribution is -2.39. The van der Waals surface area contributed by atoms with Gasteiger partial charge in [-0.1, -0.05) is 18.2 Å². The molecule has 34 heavy (non-hydrogen) atoms. The van der Waals surface area contributed by atoms with E-state index >= 15 is 0 Å². The molecule has 0 radical (unpaired) electrons. The van der Waals surface area contributed by atoms with E-state index in [1.807, 2.05) is 31.2 Å². The van der Waals surface area contributed by atoms with Crippen LogP contribution in [0.1, 0.15) is 17.9 Å². The largest absolute Gasteiger partial charge is 0.497 e. The number of ether oxygens (including phenoxy) is 2. The Morgan fingerprint density at radius 2 is 1.88 bits per heavy atom. The van der Waals surface area contributed by atoms with Gasteiger partial charge in [0.05, 0.1) is 25.0 Å². The summed E-state index contributed by atoms with van der Waals surface area (Å²) in [6.07, 6.45) is 1.58. The molecule has 1 amide bonds. The maximum absolute atomic E-state index is 13.4. The van der Waals surface area contributed by atoms with Gasteiger partial charge in [-0.25, -0.2) is 8.42 Å². The highest BCUT2D eigenvalue weighted by Crippen LogP contribution is 2.46. The van der Waals surface area contributed by atoms with Crippen LogP contribution >= 0.6 is 11.8 Å². The Labute approximate surface area is 203 Å². The van der Waals surface area contributed by atoms with Crippen molar-refractivity contribution in [3.05, 3.63) is 60.3 Å². The molecule has 1 aromatic heterocycles. The number of para-hydroxylation sites is 1. The number of aromatic nitrogens is 1. The van der Waals surface area contributed by atoms with Crippen molar-refractivity contribution in [1.29, 1.82) is 0 Å². The molecule has 2 aromatic carbocycles. The number of likely N-dealkylation sites (N-methyl/N-ethyl adjacent to an activating group) is 1. The Balaban J connectivity index is 1.59. The third kappa shape index (κ3) is 4.45. The number of hydrogen-bond acceptors (Lipinski definition) is 7. The number of pyridine rings is 1. The van der Waals surface area contributed by atoms with Gasteiger partial charge in [0.25, 0.3) is 0 Å². The van der Waals surface area contributed by atoms with E-state index in [4.69, 9.17) is 9.47 Å². The molecule has 0 bridgehead atoms. The summed E-state index contributed by atoms with van der Waals surface area (Å²) in [5.41, 5.74) is 1.24. The molecule has 1 aliphatic rings. The number of methoxy groups -OCH3 is 2. The summed E-state index contributed by atoms with van der Waals surface area (Å²) in [6.45, 7) is 2.22. The first kappa shape index (κ1) is 24.3. The van der Waals surface area contributed by atoms with Crippen molar-refractivity contribution in [1.82, 2.24) is 14.2 Å². The molecule has 4 rings (SSSR count). The van der Waals surface area contributed by atoms with E-state index in [1.54, 1.807) is 49.6 Å². The summed E-state index contributed by atoms with van der Waals surface area (Å²) in [6, 6.07) is 14.2. The van der Waals surface area contributed by atoms with Crippen LogP contribution in [0.25, 0.3) is 10.9 Å². The fourth-order valence-corrected chi connectivity index (χ4v) is 6.64. The number of sulfonamides is 1. The number of amides is 1. The Hall–Kier alpha value is -2.82. The van der Waals surface area contributed by atoms with Crippen LogP contribution in [-0.4, -0.2) is 68.1 Å². The van der Waals surface area contributed by atoms with E-state index in [2.05, 4.69) is 4.98 Å². The number of benzene rings is 2. The summed E-state index contributed by atoms with van der Waals surface area (Å²) in [5.74, 6) is 1.26. The molecule has 0 saturated carbocycles. The van der Waals surface area contributed by atoms with Gasteiger partial charge in [0.2, 0.25) is 15.9 Å². The van der Waals surface area contributed by atoms with Crippen LogP contribution in [0.15, 0.2) is 59.6 Å². The molecule has 3 aromatic rings. The topological polar surface area (TPSA) is 89.0 Å². The average molecular weight is 502 g/mol. The van der Waals surface area contributed by atoms with Gasteiger partial charge in [-0.3, -0.25) is 9.78 Å². The summed E-state index contributed by atoms with van der Waals surface area (Å²) in [4.78, 5) is 19.1. The first-order valence-electron chi connectivity index (χ1n) is 10.8. The minimum atomic E-state index is -3.81. The average Bonchev–Trinajstić information content (AvgIpc) is 3.14. The third-order valence-corrected chi connectivity index (χ3v) is 9.15. The first-order valence-corrected chi connectivity index (χ1v) is 13.1. The Bertz CT molecular complexity index is 1310. The summed E-state index contributed by atoms with van der Waals surface area (Å²) < 4.78 is 38.9. The Kier molecular flexibility index (Phi) is 7.01. The van der Waals surface area contributed by atoms with Gasteiger partial charge < -0.3 is 14.4 Å². The Morgan fingerprint density at radius 1 is 1.12 bits per heavy atom. The Morgan fingerprint density at radius 3 is 2.62 bits per heavy atom. The lowest BCUT2D eigenvalue weighted by atomic mass is 10.1. The predicted molar refractivity (Wildman–Crippen MR) is 133 cm³/mol. The monoisotopic (exact) mass is 501 g/mol. The van der Waals surface area contributed by atoms with Gasteiger partial charge in [-0.05, 0) is 37.3 Å². The highest BCUT2D eigenvalue weighted by molar-refractivity contribution is 8.01. The minimum absolute atomic E-state index is 0.0440. The zero-order chi connectivity index (χ0) is 24.5. The third-order valence-electron chi connectivity index (χ3n) is 5.89. The van der Waals surface area contributed by atoms with Crippen LogP contribution in [0.5, 0.6) is 11.5 Å². The fraction of sp³-hybridized carbons (Fsp3) is 0.333. The van der Waals surface area contributed by atoms with E-state index in [9.17, 15) is 13.2 Å². The molecule has 1 saturated heterocycles. The van der Waals surface area contributed by atoms with Crippen LogP contribution in [0.3, 0.4) is 0 Å². The van der Waals surface area contributed by atoms with E-state index in [1.165, 1.54) is 23.1 Å². The molecule has 2 unspecified atom stereocenters. The molecular weight excluding hydrogens is 474 g/mol. The number of hydrogen-bond donors (Lipinski definition) is 0. The number of thioether (sulfide) groups is 1. The number of carbonyl (C=O) groups is 1. The van der Waals surface area contributed by atoms with E-state index in [-0.39, 0.29) is 34.5 Å². The molecule has 2 atom stereocenters. The molecule has 0 spiro atoms. The quantitative estimate of drug-likeness (QED) is 0.466. The predicted octanol–water partition coefficient (Wildman–Crippen LogP) is 3.54. The zero-order valence-corrected chi connectivity index (χ0v) is 21.1. The van der Waals surface area contributed by atoms with Crippen molar-refractivity contribution >= 4 is 38.6 Å². The zero-order valence-electron chi connectivity index (χ0n) is 19.5. The normalized spacial score (nSPS) is 18.6. The second-order valence-electron chi connectivity index (χ2n) is 7.93. The molecule has 1 fully saturated rings. The van der Waals surface area contributed by atoms with Gasteiger partial charge in [-0.15, -0.1) is 11.8 Å². The molecule has 2 heterocycles. The maximum atomic E-state index is 13.4. The molecule has 0 N–H and O–H groups in total. The van der Waals surface area contributed by atoms with Gasteiger partial charge in [-0.2, -0.15) is 4.31 Å². The van der Waals surface area contributed by atoms with Gasteiger partial charge in [0.1, 0.15) is 21.8 Å². The summed E-state index contributed by atoms with van der Waals surface area (Å²) in [5, 5.41) is 0.176. The van der Waals surface area contributed by atoms with E-state index < -0.39 is 10.0 Å². The molecule has 1 aliphatic heterocycles. The van der Waals surface area contributed by atoms with Crippen LogP contribution in [0, 0.1) is 0 Å². The first-order chi connectivity index (χ1) is 16.3. The van der Waals surface area contributed by atoms with E-state index in [0.717, 1.165) is 10.9 Å². The molecule has 10 heteroatoms. The molecular formula is C24H27N3O5S2. The highest BCUT2D eigenvalue weighted by atomic mass is 32.2. The van der Waals surface area contributed by atoms with Crippen molar-refractivity contribution in [2.24, 2.45) is 0 Å². The second-order valence-corrected chi connectivity index (χ2v) is 11.4. The van der Waals surface area contributed by atoms with Gasteiger partial charge in [0.15, 0.2) is 0 Å². The van der Waals surface area contributed by atoms with Crippen LogP contribution < -0.4 is 9.47 Å². The van der Waals surface area contributed by atoms with E-state index in [0.29, 0.717) is 17.0 Å². The number of fused-ring (bicyclic) bond motifs is 1. The van der Waals surface area contributed by atoms with Crippen LogP contribution in [0.4, 0.5) is 0 Å². The SMILES string of the molecule is COc1ccc(OC)c(C2SC(C)C(=O)N2CCN(C)S(=O)(=O)c2cccc3cccnc23)c1. The van der Waals surface area contributed by atoms with Crippen molar-refractivity contribution in [3.63, 3.8) is 0 Å². The minimum Gasteiger partial charge on any atom is -0.497 e. The van der Waals surface area contributed by atoms with Crippen LogP contribution in [-0.2, 0) is 14.8 Å². The number of carbonyl (C=O) groups excluding carboxylic acids is 1. The van der Waals surface area contributed by atoms with Crippen molar-refractivity contribution in [3.8, 4) is 11.5 Å². The smallest absolute Gasteiger partial charge is 0.245 e.